The Balaban J connectivity index is 2.10. The average molecular weight is 293 g/mol. The Morgan fingerprint density at radius 3 is 2.85 bits per heavy atom. The van der Waals surface area contributed by atoms with Gasteiger partial charge in [0.2, 0.25) is 0 Å². The van der Waals surface area contributed by atoms with Gasteiger partial charge in [-0.2, -0.15) is 5.10 Å². The Bertz CT molecular complexity index is 665. The van der Waals surface area contributed by atoms with Crippen molar-refractivity contribution in [2.75, 3.05) is 19.6 Å². The van der Waals surface area contributed by atoms with Crippen LogP contribution in [0.15, 0.2) is 0 Å². The second-order valence-corrected chi connectivity index (χ2v) is 5.98. The minimum Gasteiger partial charge on any atom is -0.328 e. The van der Waals surface area contributed by atoms with Crippen molar-refractivity contribution in [3.05, 3.63) is 10.5 Å². The summed E-state index contributed by atoms with van der Waals surface area (Å²) in [5, 5.41) is 4.61. The quantitative estimate of drug-likeness (QED) is 0.885. The minimum absolute atomic E-state index is 0.464. The van der Waals surface area contributed by atoms with Crippen LogP contribution < -0.4 is 0 Å². The molecule has 1 N–H and O–H groups in total. The molecule has 110 valence electrons. The first-order chi connectivity index (χ1) is 9.65. The number of hydrogen-bond acceptors (Lipinski definition) is 3. The summed E-state index contributed by atoms with van der Waals surface area (Å²) in [4.78, 5) is 5.86. The third-order valence-electron chi connectivity index (χ3n) is 4.37. The third kappa shape index (κ3) is 2.11. The Morgan fingerprint density at radius 2 is 2.15 bits per heavy atom. The van der Waals surface area contributed by atoms with Crippen LogP contribution in [-0.4, -0.2) is 43.9 Å². The topological polar surface area (TPSA) is 41.8 Å². The standard InChI is InChI=1S/C14H23N5S/c1-4-17-8-6-7-11(9-17)19-13-12(15-14(19)20)10(3)16-18(13)5-2/h11H,4-9H2,1-3H3,(H,15,20). The van der Waals surface area contributed by atoms with E-state index in [9.17, 15) is 0 Å². The van der Waals surface area contributed by atoms with Gasteiger partial charge in [-0.25, -0.2) is 4.68 Å². The van der Waals surface area contributed by atoms with Gasteiger partial charge < -0.3 is 9.88 Å². The predicted molar refractivity (Wildman–Crippen MR) is 83.7 cm³/mol. The van der Waals surface area contributed by atoms with Gasteiger partial charge in [-0.3, -0.25) is 4.57 Å². The van der Waals surface area contributed by atoms with Gasteiger partial charge in [0, 0.05) is 13.1 Å². The molecular weight excluding hydrogens is 270 g/mol. The van der Waals surface area contributed by atoms with E-state index in [1.807, 2.05) is 6.92 Å². The molecule has 0 bridgehead atoms. The molecule has 1 aliphatic rings. The van der Waals surface area contributed by atoms with E-state index in [1.165, 1.54) is 19.4 Å². The maximum absolute atomic E-state index is 5.58. The smallest absolute Gasteiger partial charge is 0.179 e. The summed E-state index contributed by atoms with van der Waals surface area (Å²) < 4.78 is 5.21. The molecule has 1 fully saturated rings. The second-order valence-electron chi connectivity index (χ2n) is 5.59. The summed E-state index contributed by atoms with van der Waals surface area (Å²) in [5.74, 6) is 0. The molecule has 5 nitrogen and oxygen atoms in total. The van der Waals surface area contributed by atoms with Crippen LogP contribution in [0.2, 0.25) is 0 Å². The van der Waals surface area contributed by atoms with Crippen molar-refractivity contribution in [1.82, 2.24) is 24.2 Å². The number of nitrogens with one attached hydrogen (secondary N) is 1. The number of likely N-dealkylation sites (N-methyl/N-ethyl adjacent to an activating group) is 1. The van der Waals surface area contributed by atoms with Crippen LogP contribution in [0, 0.1) is 11.7 Å². The van der Waals surface area contributed by atoms with Gasteiger partial charge in [-0.1, -0.05) is 6.92 Å². The maximum atomic E-state index is 5.58. The molecule has 20 heavy (non-hydrogen) atoms. The fourth-order valence-electron chi connectivity index (χ4n) is 3.31. The number of hydrogen-bond donors (Lipinski definition) is 1. The van der Waals surface area contributed by atoms with Crippen molar-refractivity contribution in [2.45, 2.75) is 46.2 Å². The number of nitrogens with zero attached hydrogens (tertiary/aromatic N) is 4. The fourth-order valence-corrected chi connectivity index (χ4v) is 3.65. The molecule has 0 aromatic carbocycles. The van der Waals surface area contributed by atoms with Crippen LogP contribution in [-0.2, 0) is 6.54 Å². The van der Waals surface area contributed by atoms with Crippen molar-refractivity contribution < 1.29 is 0 Å². The second kappa shape index (κ2) is 5.33. The minimum atomic E-state index is 0.464. The van der Waals surface area contributed by atoms with Gasteiger partial charge >= 0.3 is 0 Å². The summed E-state index contributed by atoms with van der Waals surface area (Å²) in [7, 11) is 0. The zero-order valence-corrected chi connectivity index (χ0v) is 13.3. The van der Waals surface area contributed by atoms with Crippen LogP contribution in [0.3, 0.4) is 0 Å². The number of likely N-dealkylation sites (tertiary alicyclic amines) is 1. The summed E-state index contributed by atoms with van der Waals surface area (Å²) in [6.45, 7) is 10.7. The lowest BCUT2D eigenvalue weighted by molar-refractivity contribution is 0.186. The number of H-pyrrole nitrogens is 1. The molecule has 6 heteroatoms. The Hall–Kier alpha value is -1.14. The first-order valence-electron chi connectivity index (χ1n) is 7.55. The molecule has 1 unspecified atom stereocenters. The number of piperidine rings is 1. The molecule has 3 heterocycles. The van der Waals surface area contributed by atoms with E-state index in [0.29, 0.717) is 6.04 Å². The lowest BCUT2D eigenvalue weighted by Gasteiger charge is -2.32. The van der Waals surface area contributed by atoms with E-state index in [0.717, 1.165) is 41.3 Å². The van der Waals surface area contributed by atoms with Crippen LogP contribution in [0.1, 0.15) is 38.4 Å². The lowest BCUT2D eigenvalue weighted by atomic mass is 10.1. The molecule has 1 aliphatic heterocycles. The number of fused-ring (bicyclic) bond motifs is 1. The summed E-state index contributed by atoms with van der Waals surface area (Å²) in [6.07, 6.45) is 2.44. The normalized spacial score (nSPS) is 20.9. The molecule has 0 amide bonds. The molecule has 1 atom stereocenters. The molecule has 3 rings (SSSR count). The molecule has 2 aromatic heterocycles. The molecule has 0 spiro atoms. The van der Waals surface area contributed by atoms with Gasteiger partial charge in [0.1, 0.15) is 5.52 Å². The van der Waals surface area contributed by atoms with E-state index in [1.54, 1.807) is 0 Å². The van der Waals surface area contributed by atoms with E-state index < -0.39 is 0 Å². The number of imidazole rings is 1. The highest BCUT2D eigenvalue weighted by atomic mass is 32.1. The first kappa shape index (κ1) is 13.8. The molecule has 0 aliphatic carbocycles. The van der Waals surface area contributed by atoms with Gasteiger partial charge in [-0.15, -0.1) is 0 Å². The van der Waals surface area contributed by atoms with Crippen molar-refractivity contribution in [1.29, 1.82) is 0 Å². The molecule has 2 aromatic rings. The average Bonchev–Trinajstić information content (AvgIpc) is 2.95. The Morgan fingerprint density at radius 1 is 1.35 bits per heavy atom. The van der Waals surface area contributed by atoms with Crippen LogP contribution in [0.4, 0.5) is 0 Å². The largest absolute Gasteiger partial charge is 0.328 e. The highest BCUT2D eigenvalue weighted by molar-refractivity contribution is 7.71. The van der Waals surface area contributed by atoms with Crippen LogP contribution in [0.5, 0.6) is 0 Å². The number of aromatic amines is 1. The van der Waals surface area contributed by atoms with E-state index in [-0.39, 0.29) is 0 Å². The van der Waals surface area contributed by atoms with E-state index in [4.69, 9.17) is 12.2 Å². The van der Waals surface area contributed by atoms with E-state index in [2.05, 4.69) is 38.1 Å². The zero-order valence-electron chi connectivity index (χ0n) is 12.5. The molecule has 0 radical (unpaired) electrons. The number of aryl methyl sites for hydroxylation is 2. The summed E-state index contributed by atoms with van der Waals surface area (Å²) in [5.41, 5.74) is 3.30. The Kier molecular flexibility index (Phi) is 3.69. The SMILES string of the molecule is CCN1CCCC(n2c(=S)[nH]c3c(C)nn(CC)c32)C1. The van der Waals surface area contributed by atoms with E-state index >= 15 is 0 Å². The zero-order chi connectivity index (χ0) is 14.3. The highest BCUT2D eigenvalue weighted by Gasteiger charge is 2.24. The fraction of sp³-hybridized carbons (Fsp3) is 0.714. The van der Waals surface area contributed by atoms with Gasteiger partial charge in [-0.05, 0) is 52.0 Å². The number of aromatic nitrogens is 4. The number of rotatable bonds is 3. The van der Waals surface area contributed by atoms with Crippen LogP contribution in [0.25, 0.3) is 11.2 Å². The lowest BCUT2D eigenvalue weighted by Crippen LogP contribution is -2.36. The monoisotopic (exact) mass is 293 g/mol. The maximum Gasteiger partial charge on any atom is 0.179 e. The summed E-state index contributed by atoms with van der Waals surface area (Å²) >= 11 is 5.58. The van der Waals surface area contributed by atoms with Crippen molar-refractivity contribution >= 4 is 23.4 Å². The molecular formula is C14H23N5S. The summed E-state index contributed by atoms with van der Waals surface area (Å²) in [6, 6.07) is 0.464. The predicted octanol–water partition coefficient (Wildman–Crippen LogP) is 2.88. The van der Waals surface area contributed by atoms with Gasteiger partial charge in [0.15, 0.2) is 10.4 Å². The van der Waals surface area contributed by atoms with Crippen molar-refractivity contribution in [3.8, 4) is 0 Å². The molecule has 1 saturated heterocycles. The van der Waals surface area contributed by atoms with Gasteiger partial charge in [0.25, 0.3) is 0 Å². The highest BCUT2D eigenvalue weighted by Crippen LogP contribution is 2.27. The first-order valence-corrected chi connectivity index (χ1v) is 7.96. The third-order valence-corrected chi connectivity index (χ3v) is 4.67. The van der Waals surface area contributed by atoms with Gasteiger partial charge in [0.05, 0.1) is 11.7 Å². The Labute approximate surface area is 124 Å². The van der Waals surface area contributed by atoms with Crippen LogP contribution >= 0.6 is 12.2 Å². The van der Waals surface area contributed by atoms with Crippen molar-refractivity contribution in [2.24, 2.45) is 0 Å². The molecule has 0 saturated carbocycles. The van der Waals surface area contributed by atoms with Crippen molar-refractivity contribution in [3.63, 3.8) is 0 Å².